The fraction of sp³-hybridized carbons (Fsp3) is 0.357. The molecule has 0 saturated heterocycles. The van der Waals surface area contributed by atoms with Gasteiger partial charge >= 0.3 is 19.2 Å². The Morgan fingerprint density at radius 2 is 1.69 bits per heavy atom. The van der Waals surface area contributed by atoms with E-state index in [-0.39, 0.29) is 5.92 Å². The lowest BCUT2D eigenvalue weighted by Gasteiger charge is -2.33. The Balaban J connectivity index is 2.44. The van der Waals surface area contributed by atoms with E-state index in [2.05, 4.69) is 0 Å². The molecule has 0 spiro atoms. The van der Waals surface area contributed by atoms with Crippen LogP contribution in [-0.2, 0) is 13.9 Å². The maximum atomic E-state index is 13.9. The predicted octanol–water partition coefficient (Wildman–Crippen LogP) is 6.59. The van der Waals surface area contributed by atoms with Crippen molar-refractivity contribution in [1.29, 1.82) is 0 Å². The highest BCUT2D eigenvalue weighted by atomic mass is 31.1. The lowest BCUT2D eigenvalue weighted by atomic mass is 9.74. The summed E-state index contributed by atoms with van der Waals surface area (Å²) in [7, 11) is -1.66. The number of aliphatic carboxylic acids is 1. The van der Waals surface area contributed by atoms with E-state index in [0.717, 1.165) is 11.1 Å². The standard InChI is InChI=1S/C28H31FNO5P/c1-17(2)15-24(28(19(4)31,27(32)33)36(34)35-5)23-16-30-26(21-9-7-6-8-10-21)18(3)25(23)20-11-13-22(29)14-12-20/h6-14,16-17,19,24,31H,15H2,1-5H3/p+1. The maximum Gasteiger partial charge on any atom is 0.529 e. The van der Waals surface area contributed by atoms with Gasteiger partial charge in [-0.1, -0.05) is 56.3 Å². The van der Waals surface area contributed by atoms with Crippen molar-refractivity contribution in [2.24, 2.45) is 5.92 Å². The van der Waals surface area contributed by atoms with Gasteiger partial charge in [-0.25, -0.2) is 9.18 Å². The molecular weight excluding hydrogens is 480 g/mol. The minimum atomic E-state index is -2.83. The highest BCUT2D eigenvalue weighted by molar-refractivity contribution is 7.42. The Morgan fingerprint density at radius 1 is 1.08 bits per heavy atom. The highest BCUT2D eigenvalue weighted by Crippen LogP contribution is 2.55. The fourth-order valence-corrected chi connectivity index (χ4v) is 6.19. The predicted molar refractivity (Wildman–Crippen MR) is 139 cm³/mol. The number of carbonyl (C=O) groups is 1. The molecule has 2 N–H and O–H groups in total. The van der Waals surface area contributed by atoms with Crippen molar-refractivity contribution < 1.29 is 28.5 Å². The Hall–Kier alpha value is -2.99. The zero-order chi connectivity index (χ0) is 26.6. The van der Waals surface area contributed by atoms with Crippen LogP contribution in [0.1, 0.15) is 44.2 Å². The second kappa shape index (κ2) is 11.4. The van der Waals surface area contributed by atoms with Crippen molar-refractivity contribution in [3.05, 3.63) is 77.7 Å². The molecule has 0 bridgehead atoms. The minimum absolute atomic E-state index is 0.0112. The third-order valence-corrected chi connectivity index (χ3v) is 8.41. The summed E-state index contributed by atoms with van der Waals surface area (Å²) in [6.07, 6.45) is 0.388. The largest absolute Gasteiger partial charge is 0.529 e. The van der Waals surface area contributed by atoms with Crippen LogP contribution in [-0.4, -0.2) is 39.5 Å². The highest BCUT2D eigenvalue weighted by Gasteiger charge is 2.68. The number of rotatable bonds is 10. The van der Waals surface area contributed by atoms with Crippen LogP contribution in [0.4, 0.5) is 4.39 Å². The Morgan fingerprint density at radius 3 is 2.19 bits per heavy atom. The summed E-state index contributed by atoms with van der Waals surface area (Å²) in [6.45, 7) is 7.06. The number of nitrogens with zero attached hydrogens (tertiary/aromatic N) is 1. The van der Waals surface area contributed by atoms with E-state index >= 15 is 0 Å². The number of hydrogen-bond acceptors (Lipinski definition) is 5. The van der Waals surface area contributed by atoms with E-state index in [1.165, 1.54) is 26.2 Å². The zero-order valence-electron chi connectivity index (χ0n) is 21.1. The molecule has 4 atom stereocenters. The Labute approximate surface area is 212 Å². The molecule has 3 rings (SSSR count). The van der Waals surface area contributed by atoms with E-state index in [1.807, 2.05) is 51.1 Å². The van der Waals surface area contributed by atoms with Gasteiger partial charge in [-0.2, -0.15) is 0 Å². The molecule has 2 aromatic carbocycles. The summed E-state index contributed by atoms with van der Waals surface area (Å²) < 4.78 is 32.3. The van der Waals surface area contributed by atoms with Crippen LogP contribution in [0, 0.1) is 18.7 Å². The first-order valence-electron chi connectivity index (χ1n) is 11.8. The van der Waals surface area contributed by atoms with E-state index in [9.17, 15) is 24.0 Å². The van der Waals surface area contributed by atoms with Crippen molar-refractivity contribution >= 4 is 14.0 Å². The Bertz CT molecular complexity index is 1230. The average molecular weight is 513 g/mol. The summed E-state index contributed by atoms with van der Waals surface area (Å²) in [6, 6.07) is 15.5. The van der Waals surface area contributed by atoms with Gasteiger partial charge in [-0.15, -0.1) is 4.52 Å². The molecule has 0 amide bonds. The normalized spacial score (nSPS) is 15.3. The third kappa shape index (κ3) is 5.10. The molecule has 1 heterocycles. The minimum Gasteiger partial charge on any atom is -0.477 e. The van der Waals surface area contributed by atoms with Crippen molar-refractivity contribution in [2.75, 3.05) is 7.11 Å². The van der Waals surface area contributed by atoms with E-state index in [0.29, 0.717) is 28.8 Å². The number of benzene rings is 2. The van der Waals surface area contributed by atoms with Gasteiger partial charge in [0.05, 0.1) is 18.7 Å². The number of pyridine rings is 1. The molecule has 1 aromatic heterocycles. The lowest BCUT2D eigenvalue weighted by molar-refractivity contribution is -0.144. The van der Waals surface area contributed by atoms with Crippen LogP contribution in [0.25, 0.3) is 22.4 Å². The Kier molecular flexibility index (Phi) is 8.72. The van der Waals surface area contributed by atoms with Crippen LogP contribution in [0.2, 0.25) is 0 Å². The van der Waals surface area contributed by atoms with Crippen LogP contribution in [0.3, 0.4) is 0 Å². The molecule has 190 valence electrons. The van der Waals surface area contributed by atoms with Crippen molar-refractivity contribution in [2.45, 2.75) is 51.3 Å². The summed E-state index contributed by atoms with van der Waals surface area (Å²) >= 11 is 0. The molecule has 0 aliphatic heterocycles. The average Bonchev–Trinajstić information content (AvgIpc) is 2.84. The van der Waals surface area contributed by atoms with Gasteiger partial charge in [0.25, 0.3) is 0 Å². The van der Waals surface area contributed by atoms with Gasteiger partial charge in [0.1, 0.15) is 11.9 Å². The van der Waals surface area contributed by atoms with Gasteiger partial charge in [-0.3, -0.25) is 4.98 Å². The number of aliphatic hydroxyl groups is 1. The molecule has 0 saturated carbocycles. The number of carboxylic acid groups (broad SMARTS) is 1. The molecule has 36 heavy (non-hydrogen) atoms. The van der Waals surface area contributed by atoms with Crippen LogP contribution in [0.5, 0.6) is 0 Å². The van der Waals surface area contributed by atoms with E-state index in [4.69, 9.17) is 9.51 Å². The van der Waals surface area contributed by atoms with E-state index in [1.54, 1.807) is 18.3 Å². The molecule has 3 aromatic rings. The monoisotopic (exact) mass is 512 g/mol. The lowest BCUT2D eigenvalue weighted by Crippen LogP contribution is -2.51. The maximum absolute atomic E-state index is 13.9. The van der Waals surface area contributed by atoms with Gasteiger partial charge in [0.15, 0.2) is 0 Å². The second-order valence-electron chi connectivity index (χ2n) is 9.36. The molecule has 0 fully saturated rings. The van der Waals surface area contributed by atoms with Crippen molar-refractivity contribution in [3.8, 4) is 22.4 Å². The van der Waals surface area contributed by atoms with Crippen LogP contribution < -0.4 is 0 Å². The topological polar surface area (TPSA) is 96.7 Å². The zero-order valence-corrected chi connectivity index (χ0v) is 22.0. The molecule has 0 aliphatic carbocycles. The van der Waals surface area contributed by atoms with Crippen molar-refractivity contribution in [3.63, 3.8) is 0 Å². The third-order valence-electron chi connectivity index (χ3n) is 6.59. The van der Waals surface area contributed by atoms with Gasteiger partial charge < -0.3 is 10.2 Å². The summed E-state index contributed by atoms with van der Waals surface area (Å²) in [5.74, 6) is -2.75. The van der Waals surface area contributed by atoms with Gasteiger partial charge in [0.2, 0.25) is 0 Å². The first-order chi connectivity index (χ1) is 17.0. The molecular formula is C28H32FNO5P+. The number of hydrogen-bond donors (Lipinski definition) is 2. The number of aliphatic hydroxyl groups excluding tert-OH is 1. The van der Waals surface area contributed by atoms with Gasteiger partial charge in [0, 0.05) is 11.8 Å². The fourth-order valence-electron chi connectivity index (χ4n) is 4.92. The molecule has 6 nitrogen and oxygen atoms in total. The summed E-state index contributed by atoms with van der Waals surface area (Å²) in [4.78, 5) is 17.5. The smallest absolute Gasteiger partial charge is 0.477 e. The van der Waals surface area contributed by atoms with Crippen LogP contribution in [0.15, 0.2) is 60.8 Å². The number of carboxylic acids is 1. The molecule has 0 aliphatic rings. The quantitative estimate of drug-likeness (QED) is 0.298. The first-order valence-corrected chi connectivity index (χ1v) is 13.0. The van der Waals surface area contributed by atoms with E-state index < -0.39 is 37.0 Å². The number of halogens is 1. The van der Waals surface area contributed by atoms with Crippen molar-refractivity contribution in [1.82, 2.24) is 4.98 Å². The molecule has 4 unspecified atom stereocenters. The first kappa shape index (κ1) is 27.6. The molecule has 0 radical (unpaired) electrons. The van der Waals surface area contributed by atoms with Gasteiger partial charge in [-0.05, 0) is 65.1 Å². The summed E-state index contributed by atoms with van der Waals surface area (Å²) in [5, 5.41) is 19.2. The number of aromatic nitrogens is 1. The molecule has 8 heteroatoms. The second-order valence-corrected chi connectivity index (χ2v) is 11.0. The summed E-state index contributed by atoms with van der Waals surface area (Å²) in [5.41, 5.74) is 4.16. The SMILES string of the molecule is CO[P+](=O)C(C(=O)O)(C(C)O)C(CC(C)C)c1cnc(-c2ccccc2)c(C)c1-c1ccc(F)cc1. The van der Waals surface area contributed by atoms with Crippen LogP contribution >= 0.6 is 8.03 Å².